The number of rotatable bonds is 5. The molecule has 4 heteroatoms. The van der Waals surface area contributed by atoms with Gasteiger partial charge in [0.25, 0.3) is 0 Å². The van der Waals surface area contributed by atoms with Crippen LogP contribution >= 0.6 is 12.4 Å². The maximum absolute atomic E-state index is 12.2. The van der Waals surface area contributed by atoms with Gasteiger partial charge in [0.15, 0.2) is 0 Å². The fourth-order valence-corrected chi connectivity index (χ4v) is 1.83. The van der Waals surface area contributed by atoms with E-state index in [0.717, 1.165) is 12.0 Å². The van der Waals surface area contributed by atoms with E-state index in [1.165, 1.54) is 5.56 Å². The maximum atomic E-state index is 12.2. The molecule has 0 aliphatic rings. The largest absolute Gasteiger partial charge is 0.341 e. The van der Waals surface area contributed by atoms with Crippen LogP contribution in [0.5, 0.6) is 0 Å². The molecular weight excluding hydrogens is 260 g/mol. The Balaban J connectivity index is 0.00000324. The predicted molar refractivity (Wildman–Crippen MR) is 82.4 cm³/mol. The van der Waals surface area contributed by atoms with Crippen molar-refractivity contribution in [2.45, 2.75) is 33.7 Å². The van der Waals surface area contributed by atoms with Gasteiger partial charge in [-0.15, -0.1) is 12.4 Å². The van der Waals surface area contributed by atoms with Crippen LogP contribution in [0.1, 0.15) is 31.9 Å². The Kier molecular flexibility index (Phi) is 7.09. The lowest BCUT2D eigenvalue weighted by Crippen LogP contribution is -2.42. The Hall–Kier alpha value is -1.06. The molecule has 1 rings (SSSR count). The second-order valence-corrected chi connectivity index (χ2v) is 5.42. The molecule has 0 fully saturated rings. The fourth-order valence-electron chi connectivity index (χ4n) is 1.83. The molecule has 0 unspecified atom stereocenters. The average molecular weight is 285 g/mol. The number of carbonyl (C=O) groups excluding carboxylic acids is 1. The lowest BCUT2D eigenvalue weighted by atomic mass is 9.92. The minimum Gasteiger partial charge on any atom is -0.341 e. The first-order valence-electron chi connectivity index (χ1n) is 6.44. The molecule has 3 nitrogen and oxygen atoms in total. The molecule has 0 spiro atoms. The van der Waals surface area contributed by atoms with E-state index < -0.39 is 5.41 Å². The van der Waals surface area contributed by atoms with Crippen molar-refractivity contribution in [2.75, 3.05) is 13.6 Å². The molecule has 2 N–H and O–H groups in total. The molecule has 0 aromatic heterocycles. The summed E-state index contributed by atoms with van der Waals surface area (Å²) in [4.78, 5) is 13.9. The predicted octanol–water partition coefficient (Wildman–Crippen LogP) is 2.61. The van der Waals surface area contributed by atoms with Crippen molar-refractivity contribution >= 4 is 18.3 Å². The van der Waals surface area contributed by atoms with Crippen molar-refractivity contribution in [3.8, 4) is 0 Å². The lowest BCUT2D eigenvalue weighted by molar-refractivity contribution is -0.139. The minimum absolute atomic E-state index is 0. The molecule has 108 valence electrons. The number of hydrogen-bond donors (Lipinski definition) is 1. The van der Waals surface area contributed by atoms with Gasteiger partial charge in [0, 0.05) is 20.1 Å². The number of nitrogens with zero attached hydrogens (tertiary/aromatic N) is 1. The van der Waals surface area contributed by atoms with Crippen molar-refractivity contribution in [2.24, 2.45) is 11.1 Å². The molecule has 0 atom stereocenters. The third-order valence-electron chi connectivity index (χ3n) is 3.29. The minimum atomic E-state index is -0.488. The van der Waals surface area contributed by atoms with E-state index in [-0.39, 0.29) is 18.3 Å². The van der Waals surface area contributed by atoms with Crippen molar-refractivity contribution < 1.29 is 4.79 Å². The van der Waals surface area contributed by atoms with Gasteiger partial charge in [-0.1, -0.05) is 31.2 Å². The highest BCUT2D eigenvalue weighted by molar-refractivity contribution is 5.85. The van der Waals surface area contributed by atoms with Crippen LogP contribution in [0.3, 0.4) is 0 Å². The summed E-state index contributed by atoms with van der Waals surface area (Å²) in [5, 5.41) is 0. The zero-order valence-electron chi connectivity index (χ0n) is 12.3. The second kappa shape index (κ2) is 7.51. The van der Waals surface area contributed by atoms with Gasteiger partial charge in [-0.05, 0) is 31.4 Å². The molecule has 0 heterocycles. The molecule has 1 amide bonds. The quantitative estimate of drug-likeness (QED) is 0.903. The van der Waals surface area contributed by atoms with Crippen molar-refractivity contribution in [3.05, 3.63) is 35.4 Å². The van der Waals surface area contributed by atoms with Gasteiger partial charge in [-0.2, -0.15) is 0 Å². The van der Waals surface area contributed by atoms with Crippen LogP contribution in [-0.2, 0) is 17.8 Å². The monoisotopic (exact) mass is 284 g/mol. The number of nitrogens with two attached hydrogens (primary N) is 1. The van der Waals surface area contributed by atoms with E-state index >= 15 is 0 Å². The second-order valence-electron chi connectivity index (χ2n) is 5.42. The molecule has 1 aromatic rings. The Labute approximate surface area is 122 Å². The number of benzene rings is 1. The van der Waals surface area contributed by atoms with E-state index in [2.05, 4.69) is 31.2 Å². The zero-order valence-corrected chi connectivity index (χ0v) is 13.1. The van der Waals surface area contributed by atoms with Gasteiger partial charge >= 0.3 is 0 Å². The van der Waals surface area contributed by atoms with Gasteiger partial charge < -0.3 is 10.6 Å². The molecule has 0 aliphatic heterocycles. The van der Waals surface area contributed by atoms with E-state index in [1.807, 2.05) is 20.9 Å². The van der Waals surface area contributed by atoms with Crippen LogP contribution in [0, 0.1) is 5.41 Å². The summed E-state index contributed by atoms with van der Waals surface area (Å²) in [5.41, 5.74) is 7.60. The summed E-state index contributed by atoms with van der Waals surface area (Å²) in [6.07, 6.45) is 1.04. The van der Waals surface area contributed by atoms with E-state index in [0.29, 0.717) is 13.1 Å². The van der Waals surface area contributed by atoms with E-state index in [9.17, 15) is 4.79 Å². The Bertz CT molecular complexity index is 401. The molecule has 19 heavy (non-hydrogen) atoms. The Morgan fingerprint density at radius 1 is 1.21 bits per heavy atom. The molecule has 0 saturated heterocycles. The first-order chi connectivity index (χ1) is 8.40. The summed E-state index contributed by atoms with van der Waals surface area (Å²) >= 11 is 0. The summed E-state index contributed by atoms with van der Waals surface area (Å²) in [6, 6.07) is 8.39. The maximum Gasteiger partial charge on any atom is 0.229 e. The third-order valence-corrected chi connectivity index (χ3v) is 3.29. The van der Waals surface area contributed by atoms with Gasteiger partial charge in [0.1, 0.15) is 0 Å². The summed E-state index contributed by atoms with van der Waals surface area (Å²) < 4.78 is 0. The lowest BCUT2D eigenvalue weighted by Gasteiger charge is -2.28. The molecule has 1 aromatic carbocycles. The summed E-state index contributed by atoms with van der Waals surface area (Å²) in [7, 11) is 1.83. The van der Waals surface area contributed by atoms with Crippen LogP contribution in [0.4, 0.5) is 0 Å². The Morgan fingerprint density at radius 2 is 1.68 bits per heavy atom. The van der Waals surface area contributed by atoms with E-state index in [1.54, 1.807) is 4.90 Å². The summed E-state index contributed by atoms with van der Waals surface area (Å²) in [5.74, 6) is 0.0876. The zero-order chi connectivity index (χ0) is 13.8. The van der Waals surface area contributed by atoms with Gasteiger partial charge in [-0.25, -0.2) is 0 Å². The van der Waals surface area contributed by atoms with Gasteiger partial charge in [0.05, 0.1) is 5.41 Å². The summed E-state index contributed by atoms with van der Waals surface area (Å²) in [6.45, 7) is 6.89. The van der Waals surface area contributed by atoms with Crippen molar-refractivity contribution in [3.63, 3.8) is 0 Å². The number of amides is 1. The smallest absolute Gasteiger partial charge is 0.229 e. The molecular formula is C15H25ClN2O. The van der Waals surface area contributed by atoms with Crippen LogP contribution in [0.15, 0.2) is 24.3 Å². The first kappa shape index (κ1) is 17.9. The molecule has 0 bridgehead atoms. The van der Waals surface area contributed by atoms with Crippen LogP contribution in [-0.4, -0.2) is 24.4 Å². The highest BCUT2D eigenvalue weighted by atomic mass is 35.5. The highest BCUT2D eigenvalue weighted by Gasteiger charge is 2.28. The van der Waals surface area contributed by atoms with Gasteiger partial charge in [0.2, 0.25) is 5.91 Å². The molecule has 0 radical (unpaired) electrons. The Morgan fingerprint density at radius 3 is 2.11 bits per heavy atom. The number of aryl methyl sites for hydroxylation is 1. The standard InChI is InChI=1S/C15H24N2O.ClH/c1-5-12-6-8-13(9-7-12)10-17(4)14(18)15(2,3)11-16;/h6-9H,5,10-11,16H2,1-4H3;1H. The SMILES string of the molecule is CCc1ccc(CN(C)C(=O)C(C)(C)CN)cc1.Cl. The first-order valence-corrected chi connectivity index (χ1v) is 6.44. The number of carbonyl (C=O) groups is 1. The normalized spacial score (nSPS) is 10.8. The van der Waals surface area contributed by atoms with E-state index in [4.69, 9.17) is 5.73 Å². The van der Waals surface area contributed by atoms with Gasteiger partial charge in [-0.3, -0.25) is 4.79 Å². The van der Waals surface area contributed by atoms with Crippen LogP contribution in [0.25, 0.3) is 0 Å². The topological polar surface area (TPSA) is 46.3 Å². The fraction of sp³-hybridized carbons (Fsp3) is 0.533. The van der Waals surface area contributed by atoms with Crippen LogP contribution < -0.4 is 5.73 Å². The molecule has 0 saturated carbocycles. The van der Waals surface area contributed by atoms with Crippen molar-refractivity contribution in [1.29, 1.82) is 0 Å². The highest BCUT2D eigenvalue weighted by Crippen LogP contribution is 2.18. The average Bonchev–Trinajstić information content (AvgIpc) is 2.38. The third kappa shape index (κ3) is 4.84. The molecule has 0 aliphatic carbocycles. The van der Waals surface area contributed by atoms with Crippen LogP contribution in [0.2, 0.25) is 0 Å². The number of halogens is 1. The van der Waals surface area contributed by atoms with Crippen molar-refractivity contribution in [1.82, 2.24) is 4.90 Å². The number of hydrogen-bond acceptors (Lipinski definition) is 2.